The molecular weight excluding hydrogens is 388 g/mol. The molecule has 9 nitrogen and oxygen atoms in total. The Morgan fingerprint density at radius 3 is 2.33 bits per heavy atom. The van der Waals surface area contributed by atoms with Gasteiger partial charge in [0, 0.05) is 51.8 Å². The quantitative estimate of drug-likeness (QED) is 0.514. The Hall–Kier alpha value is -2.65. The highest BCUT2D eigenvalue weighted by atomic mass is 16.5. The van der Waals surface area contributed by atoms with Crippen LogP contribution in [0.5, 0.6) is 0 Å². The molecule has 0 aliphatic carbocycles. The molecule has 3 N–H and O–H groups in total. The number of morpholine rings is 1. The standard InChI is InChI=1S/C21H32N4O5/c1-15-13-25(14-16(2)30-15)20(27)18-6-4-17(5-7-18)12-24-21(28)23-9-8-19(26)22-10-11-29-3/h4-7,15-16H,8-14H2,1-3H3,(H,22,26)(H2,23,24,28). The summed E-state index contributed by atoms with van der Waals surface area (Å²) in [4.78, 5) is 37.9. The van der Waals surface area contributed by atoms with Crippen molar-refractivity contribution in [3.05, 3.63) is 35.4 Å². The minimum Gasteiger partial charge on any atom is -0.383 e. The summed E-state index contributed by atoms with van der Waals surface area (Å²) in [6, 6.07) is 6.84. The topological polar surface area (TPSA) is 109 Å². The summed E-state index contributed by atoms with van der Waals surface area (Å²) in [6.07, 6.45) is 0.249. The van der Waals surface area contributed by atoms with Crippen LogP contribution < -0.4 is 16.0 Å². The SMILES string of the molecule is COCCNC(=O)CCNC(=O)NCc1ccc(C(=O)N2CC(C)OC(C)C2)cc1. The number of nitrogens with zero attached hydrogens (tertiary/aromatic N) is 1. The second-order valence-corrected chi connectivity index (χ2v) is 7.37. The van der Waals surface area contributed by atoms with Crippen molar-refractivity contribution in [1.29, 1.82) is 0 Å². The van der Waals surface area contributed by atoms with Crippen LogP contribution in [0.25, 0.3) is 0 Å². The molecule has 1 aliphatic heterocycles. The molecule has 2 atom stereocenters. The number of methoxy groups -OCH3 is 1. The number of nitrogens with one attached hydrogen (secondary N) is 3. The van der Waals surface area contributed by atoms with Gasteiger partial charge in [0.25, 0.3) is 5.91 Å². The number of benzene rings is 1. The van der Waals surface area contributed by atoms with Crippen molar-refractivity contribution in [1.82, 2.24) is 20.9 Å². The van der Waals surface area contributed by atoms with Crippen LogP contribution in [0.1, 0.15) is 36.2 Å². The highest BCUT2D eigenvalue weighted by molar-refractivity contribution is 5.94. The van der Waals surface area contributed by atoms with Gasteiger partial charge >= 0.3 is 6.03 Å². The second-order valence-electron chi connectivity index (χ2n) is 7.37. The van der Waals surface area contributed by atoms with E-state index >= 15 is 0 Å². The lowest BCUT2D eigenvalue weighted by Crippen LogP contribution is -2.48. The van der Waals surface area contributed by atoms with E-state index in [0.29, 0.717) is 38.3 Å². The van der Waals surface area contributed by atoms with Crippen molar-refractivity contribution in [2.45, 2.75) is 39.0 Å². The number of ether oxygens (including phenoxy) is 2. The summed E-state index contributed by atoms with van der Waals surface area (Å²) >= 11 is 0. The van der Waals surface area contributed by atoms with E-state index in [1.807, 2.05) is 30.9 Å². The van der Waals surface area contributed by atoms with E-state index in [0.717, 1.165) is 5.56 Å². The van der Waals surface area contributed by atoms with Crippen LogP contribution in [0.2, 0.25) is 0 Å². The summed E-state index contributed by atoms with van der Waals surface area (Å²) in [6.45, 7) is 6.56. The first kappa shape index (κ1) is 23.6. The Morgan fingerprint density at radius 2 is 1.70 bits per heavy atom. The van der Waals surface area contributed by atoms with Crippen molar-refractivity contribution in [3.63, 3.8) is 0 Å². The highest BCUT2D eigenvalue weighted by Gasteiger charge is 2.26. The Bertz CT molecular complexity index is 700. The van der Waals surface area contributed by atoms with Crippen molar-refractivity contribution in [2.75, 3.05) is 39.9 Å². The monoisotopic (exact) mass is 420 g/mol. The zero-order valence-corrected chi connectivity index (χ0v) is 17.9. The number of carbonyl (C=O) groups is 3. The van der Waals surface area contributed by atoms with Gasteiger partial charge in [-0.25, -0.2) is 4.79 Å². The molecule has 1 fully saturated rings. The van der Waals surface area contributed by atoms with Gasteiger partial charge in [-0.2, -0.15) is 0 Å². The fraction of sp³-hybridized carbons (Fsp3) is 0.571. The lowest BCUT2D eigenvalue weighted by molar-refractivity contribution is -0.121. The normalized spacial score (nSPS) is 18.6. The first-order valence-electron chi connectivity index (χ1n) is 10.2. The van der Waals surface area contributed by atoms with Gasteiger partial charge in [0.1, 0.15) is 0 Å². The number of hydrogen-bond donors (Lipinski definition) is 3. The molecule has 0 bridgehead atoms. The molecule has 0 radical (unpaired) electrons. The Balaban J connectivity index is 1.70. The third-order valence-corrected chi connectivity index (χ3v) is 4.63. The molecule has 1 saturated heterocycles. The molecule has 0 aromatic heterocycles. The average molecular weight is 421 g/mol. The van der Waals surface area contributed by atoms with Gasteiger partial charge < -0.3 is 30.3 Å². The van der Waals surface area contributed by atoms with Gasteiger partial charge in [-0.3, -0.25) is 9.59 Å². The third kappa shape index (κ3) is 8.00. The van der Waals surface area contributed by atoms with Crippen molar-refractivity contribution in [2.24, 2.45) is 0 Å². The number of hydrogen-bond acceptors (Lipinski definition) is 5. The van der Waals surface area contributed by atoms with Gasteiger partial charge in [-0.15, -0.1) is 0 Å². The van der Waals surface area contributed by atoms with E-state index in [1.165, 1.54) is 0 Å². The lowest BCUT2D eigenvalue weighted by Gasteiger charge is -2.35. The fourth-order valence-electron chi connectivity index (χ4n) is 3.21. The van der Waals surface area contributed by atoms with Gasteiger partial charge in [0.15, 0.2) is 0 Å². The van der Waals surface area contributed by atoms with E-state index in [1.54, 1.807) is 19.2 Å². The molecule has 1 aromatic carbocycles. The number of carbonyl (C=O) groups excluding carboxylic acids is 3. The molecular formula is C21H32N4O5. The summed E-state index contributed by atoms with van der Waals surface area (Å²) in [7, 11) is 1.56. The molecule has 1 heterocycles. The Morgan fingerprint density at radius 1 is 1.03 bits per heavy atom. The molecule has 9 heteroatoms. The highest BCUT2D eigenvalue weighted by Crippen LogP contribution is 2.15. The molecule has 1 aromatic rings. The maximum Gasteiger partial charge on any atom is 0.315 e. The Labute approximate surface area is 177 Å². The number of urea groups is 1. The van der Waals surface area contributed by atoms with Gasteiger partial charge in [0.05, 0.1) is 18.8 Å². The fourth-order valence-corrected chi connectivity index (χ4v) is 3.21. The van der Waals surface area contributed by atoms with Crippen molar-refractivity contribution >= 4 is 17.8 Å². The molecule has 2 unspecified atom stereocenters. The Kier molecular flexibility index (Phi) is 9.56. The molecule has 0 saturated carbocycles. The molecule has 0 spiro atoms. The molecule has 1 aliphatic rings. The first-order valence-corrected chi connectivity index (χ1v) is 10.2. The van der Waals surface area contributed by atoms with E-state index in [2.05, 4.69) is 16.0 Å². The third-order valence-electron chi connectivity index (χ3n) is 4.63. The molecule has 4 amide bonds. The van der Waals surface area contributed by atoms with Crippen LogP contribution in [0.3, 0.4) is 0 Å². The largest absolute Gasteiger partial charge is 0.383 e. The maximum atomic E-state index is 12.7. The van der Waals surface area contributed by atoms with Crippen LogP contribution in [0.15, 0.2) is 24.3 Å². The first-order chi connectivity index (χ1) is 14.4. The summed E-state index contributed by atoms with van der Waals surface area (Å²) in [5.74, 6) is -0.158. The predicted molar refractivity (Wildman–Crippen MR) is 112 cm³/mol. The molecule has 2 rings (SSSR count). The molecule has 30 heavy (non-hydrogen) atoms. The van der Waals surface area contributed by atoms with E-state index < -0.39 is 0 Å². The maximum absolute atomic E-state index is 12.7. The van der Waals surface area contributed by atoms with Crippen molar-refractivity contribution in [3.8, 4) is 0 Å². The molecule has 166 valence electrons. The lowest BCUT2D eigenvalue weighted by atomic mass is 10.1. The number of amides is 4. The van der Waals surface area contributed by atoms with Gasteiger partial charge in [-0.05, 0) is 31.5 Å². The van der Waals surface area contributed by atoms with Gasteiger partial charge in [0.2, 0.25) is 5.91 Å². The van der Waals surface area contributed by atoms with Crippen LogP contribution in [-0.2, 0) is 20.8 Å². The van der Waals surface area contributed by atoms with Gasteiger partial charge in [-0.1, -0.05) is 12.1 Å². The van der Waals surface area contributed by atoms with Crippen LogP contribution in [-0.4, -0.2) is 74.8 Å². The van der Waals surface area contributed by atoms with E-state index in [9.17, 15) is 14.4 Å². The summed E-state index contributed by atoms with van der Waals surface area (Å²) < 4.78 is 10.5. The zero-order valence-electron chi connectivity index (χ0n) is 17.9. The van der Waals surface area contributed by atoms with E-state index in [4.69, 9.17) is 9.47 Å². The minimum atomic E-state index is -0.351. The summed E-state index contributed by atoms with van der Waals surface area (Å²) in [5.41, 5.74) is 1.49. The van der Waals surface area contributed by atoms with E-state index in [-0.39, 0.29) is 43.0 Å². The number of rotatable bonds is 9. The smallest absolute Gasteiger partial charge is 0.315 e. The average Bonchev–Trinajstić information content (AvgIpc) is 2.71. The summed E-state index contributed by atoms with van der Waals surface area (Å²) in [5, 5.41) is 8.06. The second kappa shape index (κ2) is 12.1. The van der Waals surface area contributed by atoms with Crippen LogP contribution in [0, 0.1) is 0 Å². The zero-order chi connectivity index (χ0) is 21.9. The van der Waals surface area contributed by atoms with Crippen LogP contribution in [0.4, 0.5) is 4.79 Å². The van der Waals surface area contributed by atoms with Crippen molar-refractivity contribution < 1.29 is 23.9 Å². The minimum absolute atomic E-state index is 0.0157. The predicted octanol–water partition coefficient (Wildman–Crippen LogP) is 0.888. The van der Waals surface area contributed by atoms with Crippen LogP contribution >= 0.6 is 0 Å².